The Kier molecular flexibility index (Phi) is 7.94. The van der Waals surface area contributed by atoms with Crippen LogP contribution in [0, 0.1) is 0 Å². The standard InChI is InChI=1S/C23H25ClN4O4/c1-3-4-14-28-19-10-6-5-8-16(19)26-18(23(28)31)11-12-20(29)32-15(2)22(30)27-17-9-7-13-25-21(17)24/h5-10,13,15H,3-4,11-12,14H2,1-2H3,(H,27,30)/t15-/m1/s1. The number of benzene rings is 1. The first-order chi connectivity index (χ1) is 15.4. The molecule has 0 spiro atoms. The number of carbonyl (C=O) groups is 2. The molecule has 1 N–H and O–H groups in total. The van der Waals surface area contributed by atoms with Crippen LogP contribution in [0.2, 0.25) is 5.15 Å². The predicted molar refractivity (Wildman–Crippen MR) is 123 cm³/mol. The average molecular weight is 457 g/mol. The second-order valence-corrected chi connectivity index (χ2v) is 7.68. The van der Waals surface area contributed by atoms with E-state index in [4.69, 9.17) is 16.3 Å². The van der Waals surface area contributed by atoms with Crippen LogP contribution in [-0.4, -0.2) is 32.5 Å². The van der Waals surface area contributed by atoms with Gasteiger partial charge in [0, 0.05) is 19.2 Å². The molecule has 0 radical (unpaired) electrons. The van der Waals surface area contributed by atoms with Crippen LogP contribution in [0.5, 0.6) is 0 Å². The van der Waals surface area contributed by atoms with Gasteiger partial charge in [-0.05, 0) is 37.6 Å². The number of aryl methyl sites for hydroxylation is 2. The summed E-state index contributed by atoms with van der Waals surface area (Å²) < 4.78 is 6.93. The smallest absolute Gasteiger partial charge is 0.306 e. The first kappa shape index (κ1) is 23.4. The number of nitrogens with zero attached hydrogens (tertiary/aromatic N) is 3. The van der Waals surface area contributed by atoms with Crippen LogP contribution >= 0.6 is 11.6 Å². The van der Waals surface area contributed by atoms with Gasteiger partial charge in [0.15, 0.2) is 11.3 Å². The number of esters is 1. The van der Waals surface area contributed by atoms with Gasteiger partial charge in [0.2, 0.25) is 0 Å². The van der Waals surface area contributed by atoms with E-state index in [2.05, 4.69) is 22.2 Å². The molecule has 0 saturated heterocycles. The molecule has 0 aliphatic heterocycles. The number of halogens is 1. The fourth-order valence-electron chi connectivity index (χ4n) is 3.19. The number of carbonyl (C=O) groups excluding carboxylic acids is 2. The average Bonchev–Trinajstić information content (AvgIpc) is 2.78. The SMILES string of the molecule is CCCCn1c(=O)c(CCC(=O)O[C@H](C)C(=O)Nc2cccnc2Cl)nc2ccccc21. The molecule has 0 saturated carbocycles. The Morgan fingerprint density at radius 1 is 1.22 bits per heavy atom. The zero-order valence-corrected chi connectivity index (χ0v) is 18.8. The maximum absolute atomic E-state index is 12.9. The lowest BCUT2D eigenvalue weighted by Crippen LogP contribution is -2.31. The van der Waals surface area contributed by atoms with Gasteiger partial charge in [-0.2, -0.15) is 0 Å². The Hall–Kier alpha value is -3.26. The molecule has 0 fully saturated rings. The van der Waals surface area contributed by atoms with Crippen molar-refractivity contribution in [3.05, 3.63) is 63.8 Å². The van der Waals surface area contributed by atoms with E-state index >= 15 is 0 Å². The van der Waals surface area contributed by atoms with Crippen molar-refractivity contribution in [2.24, 2.45) is 0 Å². The Balaban J connectivity index is 1.65. The zero-order valence-electron chi connectivity index (χ0n) is 18.0. The van der Waals surface area contributed by atoms with Crippen molar-refractivity contribution in [2.75, 3.05) is 5.32 Å². The molecule has 0 bridgehead atoms. The number of ether oxygens (including phenoxy) is 1. The first-order valence-electron chi connectivity index (χ1n) is 10.5. The molecule has 1 amide bonds. The van der Waals surface area contributed by atoms with Crippen LogP contribution in [0.25, 0.3) is 11.0 Å². The topological polar surface area (TPSA) is 103 Å². The largest absolute Gasteiger partial charge is 0.453 e. The summed E-state index contributed by atoms with van der Waals surface area (Å²) in [4.78, 5) is 45.8. The van der Waals surface area contributed by atoms with Gasteiger partial charge in [-0.1, -0.05) is 37.1 Å². The molecule has 2 heterocycles. The number of aromatic nitrogens is 3. The number of hydrogen-bond donors (Lipinski definition) is 1. The molecule has 0 aliphatic rings. The van der Waals surface area contributed by atoms with Gasteiger partial charge in [-0.3, -0.25) is 14.4 Å². The second-order valence-electron chi connectivity index (χ2n) is 7.32. The van der Waals surface area contributed by atoms with Crippen LogP contribution in [0.4, 0.5) is 5.69 Å². The highest BCUT2D eigenvalue weighted by Crippen LogP contribution is 2.18. The number of fused-ring (bicyclic) bond motifs is 1. The van der Waals surface area contributed by atoms with E-state index in [-0.39, 0.29) is 23.6 Å². The van der Waals surface area contributed by atoms with Crippen molar-refractivity contribution in [3.8, 4) is 0 Å². The third-order valence-electron chi connectivity index (χ3n) is 4.92. The van der Waals surface area contributed by atoms with Crippen LogP contribution in [0.1, 0.15) is 38.8 Å². The molecular formula is C23H25ClN4O4. The molecule has 3 rings (SSSR count). The van der Waals surface area contributed by atoms with Gasteiger partial charge in [0.1, 0.15) is 5.69 Å². The summed E-state index contributed by atoms with van der Waals surface area (Å²) >= 11 is 5.92. The minimum atomic E-state index is -1.04. The van der Waals surface area contributed by atoms with Crippen molar-refractivity contribution in [1.82, 2.24) is 14.5 Å². The van der Waals surface area contributed by atoms with E-state index in [0.717, 1.165) is 18.4 Å². The van der Waals surface area contributed by atoms with Gasteiger partial charge in [0.25, 0.3) is 11.5 Å². The fourth-order valence-corrected chi connectivity index (χ4v) is 3.36. The number of rotatable bonds is 9. The number of nitrogens with one attached hydrogen (secondary N) is 1. The lowest BCUT2D eigenvalue weighted by atomic mass is 10.2. The maximum atomic E-state index is 12.9. The van der Waals surface area contributed by atoms with Gasteiger partial charge in [-0.15, -0.1) is 0 Å². The van der Waals surface area contributed by atoms with Crippen molar-refractivity contribution in [2.45, 2.75) is 52.2 Å². The van der Waals surface area contributed by atoms with Gasteiger partial charge in [-0.25, -0.2) is 9.97 Å². The quantitative estimate of drug-likeness (QED) is 0.388. The molecule has 0 unspecified atom stereocenters. The summed E-state index contributed by atoms with van der Waals surface area (Å²) in [5.41, 5.74) is 1.90. The van der Waals surface area contributed by atoms with Crippen molar-refractivity contribution < 1.29 is 14.3 Å². The fraction of sp³-hybridized carbons (Fsp3) is 0.348. The number of pyridine rings is 1. The van der Waals surface area contributed by atoms with E-state index in [9.17, 15) is 14.4 Å². The second kappa shape index (κ2) is 10.9. The van der Waals surface area contributed by atoms with E-state index < -0.39 is 18.0 Å². The van der Waals surface area contributed by atoms with E-state index in [1.54, 1.807) is 16.7 Å². The van der Waals surface area contributed by atoms with E-state index in [0.29, 0.717) is 23.4 Å². The zero-order chi connectivity index (χ0) is 23.1. The van der Waals surface area contributed by atoms with Crippen LogP contribution in [0.3, 0.4) is 0 Å². The molecule has 3 aromatic rings. The van der Waals surface area contributed by atoms with E-state index in [1.807, 2.05) is 24.3 Å². The molecule has 1 aromatic carbocycles. The molecule has 2 aromatic heterocycles. The predicted octanol–water partition coefficient (Wildman–Crippen LogP) is 3.75. The Morgan fingerprint density at radius 3 is 2.75 bits per heavy atom. The normalized spacial score (nSPS) is 11.8. The maximum Gasteiger partial charge on any atom is 0.306 e. The lowest BCUT2D eigenvalue weighted by Gasteiger charge is -2.14. The minimum Gasteiger partial charge on any atom is -0.453 e. The van der Waals surface area contributed by atoms with Crippen LogP contribution < -0.4 is 10.9 Å². The van der Waals surface area contributed by atoms with E-state index in [1.165, 1.54) is 13.1 Å². The van der Waals surface area contributed by atoms with Gasteiger partial charge >= 0.3 is 5.97 Å². The van der Waals surface area contributed by atoms with Gasteiger partial charge < -0.3 is 14.6 Å². The Morgan fingerprint density at radius 2 is 2.00 bits per heavy atom. The van der Waals surface area contributed by atoms with Crippen molar-refractivity contribution >= 4 is 40.2 Å². The van der Waals surface area contributed by atoms with Crippen LogP contribution in [0.15, 0.2) is 47.4 Å². The molecule has 32 heavy (non-hydrogen) atoms. The highest BCUT2D eigenvalue weighted by molar-refractivity contribution is 6.32. The third-order valence-corrected chi connectivity index (χ3v) is 5.22. The molecule has 0 aliphatic carbocycles. The summed E-state index contributed by atoms with van der Waals surface area (Å²) in [5.74, 6) is -1.13. The highest BCUT2D eigenvalue weighted by Gasteiger charge is 2.20. The number of para-hydroxylation sites is 2. The Labute approximate surface area is 190 Å². The number of unbranched alkanes of at least 4 members (excludes halogenated alkanes) is 1. The van der Waals surface area contributed by atoms with Crippen LogP contribution in [-0.2, 0) is 27.3 Å². The summed E-state index contributed by atoms with van der Waals surface area (Å²) in [5, 5.41) is 2.71. The monoisotopic (exact) mass is 456 g/mol. The first-order valence-corrected chi connectivity index (χ1v) is 10.9. The summed E-state index contributed by atoms with van der Waals surface area (Å²) in [6.07, 6.45) is 2.33. The molecule has 1 atom stereocenters. The van der Waals surface area contributed by atoms with Gasteiger partial charge in [0.05, 0.1) is 23.1 Å². The molecule has 9 heteroatoms. The van der Waals surface area contributed by atoms with Crippen molar-refractivity contribution in [3.63, 3.8) is 0 Å². The number of amides is 1. The Bertz CT molecular complexity index is 1180. The van der Waals surface area contributed by atoms with Crippen molar-refractivity contribution in [1.29, 1.82) is 0 Å². The molecule has 168 valence electrons. The number of hydrogen-bond acceptors (Lipinski definition) is 6. The summed E-state index contributed by atoms with van der Waals surface area (Å²) in [6, 6.07) is 10.7. The summed E-state index contributed by atoms with van der Waals surface area (Å²) in [6.45, 7) is 4.11. The molecular weight excluding hydrogens is 432 g/mol. The number of anilines is 1. The molecule has 8 nitrogen and oxygen atoms in total. The highest BCUT2D eigenvalue weighted by atomic mass is 35.5. The lowest BCUT2D eigenvalue weighted by molar-refractivity contribution is -0.153. The third kappa shape index (κ3) is 5.70. The minimum absolute atomic E-state index is 0.0698. The summed E-state index contributed by atoms with van der Waals surface area (Å²) in [7, 11) is 0.